The van der Waals surface area contributed by atoms with Gasteiger partial charge in [0.25, 0.3) is 0 Å². The number of carbonyl (C=O) groups excluding carboxylic acids is 2. The summed E-state index contributed by atoms with van der Waals surface area (Å²) in [6.07, 6.45) is 2.35. The Kier molecular flexibility index (Phi) is 9.70. The number of nitrogen functional groups attached to an aromatic ring is 1. The van der Waals surface area contributed by atoms with Crippen molar-refractivity contribution < 1.29 is 28.5 Å². The van der Waals surface area contributed by atoms with E-state index < -0.39 is 42.0 Å². The Bertz CT molecular complexity index is 1520. The molecule has 0 aliphatic carbocycles. The Morgan fingerprint density at radius 3 is 2.54 bits per heavy atom. The molecule has 0 bridgehead atoms. The second-order valence-corrected chi connectivity index (χ2v) is 13.3. The van der Waals surface area contributed by atoms with Crippen molar-refractivity contribution in [2.24, 2.45) is 0 Å². The maximum Gasteiger partial charge on any atom is 0.410 e. The van der Waals surface area contributed by atoms with Crippen molar-refractivity contribution in [2.75, 3.05) is 30.7 Å². The molecule has 46 heavy (non-hydrogen) atoms. The quantitative estimate of drug-likeness (QED) is 0.281. The number of urea groups is 1. The SMILES string of the molecule is CCCC(C)c1ccc(NC(=O)NCCN(C[C@H]2O[C@@H](n3cnc4c(N)ncnc43)[C@@H]3OC(C)(C)O[C@@H]32)C(=O)OC(C)(C)C)cc1. The summed E-state index contributed by atoms with van der Waals surface area (Å²) in [6.45, 7) is 13.9. The number of anilines is 2. The lowest BCUT2D eigenvalue weighted by molar-refractivity contribution is -0.197. The zero-order valence-corrected chi connectivity index (χ0v) is 27.6. The molecule has 2 fully saturated rings. The number of rotatable bonds is 10. The molecular weight excluding hydrogens is 592 g/mol. The molecule has 1 aromatic carbocycles. The fourth-order valence-corrected chi connectivity index (χ4v) is 5.86. The molecule has 250 valence electrons. The molecular formula is C32H46N8O6. The van der Waals surface area contributed by atoms with Crippen LogP contribution in [-0.2, 0) is 18.9 Å². The van der Waals surface area contributed by atoms with Crippen molar-refractivity contribution in [3.8, 4) is 0 Å². The molecule has 2 saturated heterocycles. The molecule has 3 amide bonds. The number of nitrogens with two attached hydrogens (primary N) is 1. The van der Waals surface area contributed by atoms with Gasteiger partial charge in [-0.3, -0.25) is 4.57 Å². The van der Waals surface area contributed by atoms with Crippen LogP contribution in [0.5, 0.6) is 0 Å². The number of ether oxygens (including phenoxy) is 4. The fraction of sp³-hybridized carbons (Fsp3) is 0.594. The fourth-order valence-electron chi connectivity index (χ4n) is 5.86. The predicted octanol–water partition coefficient (Wildman–Crippen LogP) is 4.79. The van der Waals surface area contributed by atoms with Crippen LogP contribution < -0.4 is 16.4 Å². The van der Waals surface area contributed by atoms with E-state index in [0.29, 0.717) is 22.8 Å². The van der Waals surface area contributed by atoms with E-state index >= 15 is 0 Å². The van der Waals surface area contributed by atoms with E-state index in [2.05, 4.69) is 39.4 Å². The first-order valence-electron chi connectivity index (χ1n) is 15.8. The number of nitrogens with zero attached hydrogens (tertiary/aromatic N) is 5. The highest BCUT2D eigenvalue weighted by Gasteiger charge is 2.56. The van der Waals surface area contributed by atoms with Gasteiger partial charge in [0.1, 0.15) is 35.8 Å². The second-order valence-electron chi connectivity index (χ2n) is 13.3. The summed E-state index contributed by atoms with van der Waals surface area (Å²) < 4.78 is 26.5. The highest BCUT2D eigenvalue weighted by atomic mass is 16.8. The van der Waals surface area contributed by atoms with E-state index in [9.17, 15) is 9.59 Å². The van der Waals surface area contributed by atoms with Gasteiger partial charge in [0, 0.05) is 18.8 Å². The van der Waals surface area contributed by atoms with Crippen molar-refractivity contribution >= 4 is 34.8 Å². The van der Waals surface area contributed by atoms with Crippen LogP contribution in [0.4, 0.5) is 21.1 Å². The molecule has 2 aliphatic heterocycles. The summed E-state index contributed by atoms with van der Waals surface area (Å²) in [5.74, 6) is -0.173. The summed E-state index contributed by atoms with van der Waals surface area (Å²) in [7, 11) is 0. The van der Waals surface area contributed by atoms with Gasteiger partial charge in [-0.2, -0.15) is 0 Å². The monoisotopic (exact) mass is 638 g/mol. The first-order valence-corrected chi connectivity index (χ1v) is 15.8. The molecule has 14 nitrogen and oxygen atoms in total. The topological polar surface area (TPSA) is 168 Å². The lowest BCUT2D eigenvalue weighted by atomic mass is 9.96. The Labute approximate surface area is 269 Å². The first-order chi connectivity index (χ1) is 21.7. The van der Waals surface area contributed by atoms with E-state index in [1.807, 2.05) is 38.1 Å². The van der Waals surface area contributed by atoms with Gasteiger partial charge in [-0.1, -0.05) is 32.4 Å². The highest BCUT2D eigenvalue weighted by molar-refractivity contribution is 5.89. The molecule has 1 unspecified atom stereocenters. The molecule has 3 aromatic rings. The van der Waals surface area contributed by atoms with Gasteiger partial charge < -0.3 is 40.2 Å². The van der Waals surface area contributed by atoms with Crippen molar-refractivity contribution in [2.45, 2.75) is 103 Å². The van der Waals surface area contributed by atoms with Crippen LogP contribution in [0, 0.1) is 0 Å². The number of imidazole rings is 1. The second kappa shape index (κ2) is 13.4. The maximum atomic E-state index is 13.4. The number of fused-ring (bicyclic) bond motifs is 2. The molecule has 14 heteroatoms. The minimum absolute atomic E-state index is 0.122. The minimum Gasteiger partial charge on any atom is -0.444 e. The number of amides is 3. The van der Waals surface area contributed by atoms with Gasteiger partial charge >= 0.3 is 12.1 Å². The Morgan fingerprint density at radius 1 is 1.13 bits per heavy atom. The molecule has 0 spiro atoms. The van der Waals surface area contributed by atoms with Crippen molar-refractivity contribution in [1.82, 2.24) is 29.7 Å². The molecule has 4 heterocycles. The largest absolute Gasteiger partial charge is 0.444 e. The summed E-state index contributed by atoms with van der Waals surface area (Å²) in [6, 6.07) is 7.48. The summed E-state index contributed by atoms with van der Waals surface area (Å²) in [5, 5.41) is 5.70. The maximum absolute atomic E-state index is 13.4. The van der Waals surface area contributed by atoms with Gasteiger partial charge in [-0.05, 0) is 64.7 Å². The number of nitrogens with one attached hydrogen (secondary N) is 2. The third kappa shape index (κ3) is 7.68. The van der Waals surface area contributed by atoms with E-state index in [-0.39, 0.29) is 31.5 Å². The van der Waals surface area contributed by atoms with Gasteiger partial charge in [0.05, 0.1) is 12.9 Å². The number of aromatic nitrogens is 4. The molecule has 0 saturated carbocycles. The summed E-state index contributed by atoms with van der Waals surface area (Å²) >= 11 is 0. The van der Waals surface area contributed by atoms with Crippen LogP contribution in [-0.4, -0.2) is 85.9 Å². The average molecular weight is 639 g/mol. The number of hydrogen-bond acceptors (Lipinski definition) is 10. The normalized spacial score (nSPS) is 22.8. The smallest absolute Gasteiger partial charge is 0.410 e. The van der Waals surface area contributed by atoms with E-state index in [0.717, 1.165) is 12.8 Å². The van der Waals surface area contributed by atoms with Crippen LogP contribution >= 0.6 is 0 Å². The molecule has 4 N–H and O–H groups in total. The number of benzene rings is 1. The highest BCUT2D eigenvalue weighted by Crippen LogP contribution is 2.44. The summed E-state index contributed by atoms with van der Waals surface area (Å²) in [4.78, 5) is 40.4. The predicted molar refractivity (Wildman–Crippen MR) is 172 cm³/mol. The van der Waals surface area contributed by atoms with Gasteiger partial charge in [0.2, 0.25) is 0 Å². The van der Waals surface area contributed by atoms with E-state index in [4.69, 9.17) is 24.7 Å². The molecule has 5 atom stereocenters. The third-order valence-corrected chi connectivity index (χ3v) is 7.97. The van der Waals surface area contributed by atoms with Crippen LogP contribution in [0.1, 0.15) is 79.0 Å². The van der Waals surface area contributed by atoms with Gasteiger partial charge in [-0.25, -0.2) is 24.5 Å². The van der Waals surface area contributed by atoms with Crippen molar-refractivity contribution in [3.05, 3.63) is 42.5 Å². The lowest BCUT2D eigenvalue weighted by Crippen LogP contribution is -2.47. The zero-order chi connectivity index (χ0) is 33.2. The van der Waals surface area contributed by atoms with Crippen molar-refractivity contribution in [3.63, 3.8) is 0 Å². The minimum atomic E-state index is -0.886. The standard InChI is InChI=1S/C32H46N8O6/c1-8-9-19(2)20-10-12-21(13-11-20)38-29(41)34-14-15-39(30(42)46-31(3,4)5)16-22-24-25(45-32(6,7)44-24)28(43-22)40-18-37-23-26(33)35-17-36-27(23)40/h10-13,17-19,22,24-25,28H,8-9,14-16H2,1-7H3,(H2,33,35,36)(H2,34,38,41)/t19?,22-,24-,25-,28-/m1/s1. The zero-order valence-electron chi connectivity index (χ0n) is 27.6. The van der Waals surface area contributed by atoms with E-state index in [1.165, 1.54) is 16.8 Å². The van der Waals surface area contributed by atoms with Crippen LogP contribution in [0.2, 0.25) is 0 Å². The molecule has 5 rings (SSSR count). The molecule has 2 aromatic heterocycles. The Hall–Kier alpha value is -4.01. The van der Waals surface area contributed by atoms with Gasteiger partial charge in [-0.15, -0.1) is 0 Å². The Balaban J connectivity index is 1.27. The average Bonchev–Trinajstić information content (AvgIpc) is 3.63. The Morgan fingerprint density at radius 2 is 1.85 bits per heavy atom. The number of hydrogen-bond donors (Lipinski definition) is 3. The third-order valence-electron chi connectivity index (χ3n) is 7.97. The van der Waals surface area contributed by atoms with Crippen LogP contribution in [0.3, 0.4) is 0 Å². The van der Waals surface area contributed by atoms with Gasteiger partial charge in [0.15, 0.2) is 23.5 Å². The number of carbonyl (C=O) groups is 2. The molecule has 0 radical (unpaired) electrons. The van der Waals surface area contributed by atoms with Crippen LogP contribution in [0.25, 0.3) is 11.2 Å². The van der Waals surface area contributed by atoms with Crippen molar-refractivity contribution in [1.29, 1.82) is 0 Å². The van der Waals surface area contributed by atoms with Crippen LogP contribution in [0.15, 0.2) is 36.9 Å². The molecule has 2 aliphatic rings. The lowest BCUT2D eigenvalue weighted by Gasteiger charge is -2.31. The van der Waals surface area contributed by atoms with E-state index in [1.54, 1.807) is 31.7 Å². The first kappa shape index (κ1) is 33.4. The summed E-state index contributed by atoms with van der Waals surface area (Å²) in [5.41, 5.74) is 8.15.